The van der Waals surface area contributed by atoms with Gasteiger partial charge in [0.1, 0.15) is 11.5 Å². The monoisotopic (exact) mass is 279 g/mol. The molecule has 0 aliphatic heterocycles. The zero-order valence-electron chi connectivity index (χ0n) is 13.0. The third-order valence-electron chi connectivity index (χ3n) is 3.33. The number of rotatable bonds is 7. The standard InChI is InChI=1S/C14H25N5O/c1-6-7-15-12-9-16-11(8-17-12)13(20)18-10-14(2,3)19(4)5/h8-9H,6-7,10H2,1-5H3,(H,15,17)(H,18,20). The van der Waals surface area contributed by atoms with Crippen molar-refractivity contribution in [2.24, 2.45) is 0 Å². The highest BCUT2D eigenvalue weighted by Gasteiger charge is 2.21. The van der Waals surface area contributed by atoms with Crippen molar-refractivity contribution >= 4 is 11.7 Å². The van der Waals surface area contributed by atoms with Gasteiger partial charge in [-0.15, -0.1) is 0 Å². The van der Waals surface area contributed by atoms with E-state index in [-0.39, 0.29) is 11.4 Å². The summed E-state index contributed by atoms with van der Waals surface area (Å²) in [5.74, 6) is 0.492. The Morgan fingerprint density at radius 1 is 1.30 bits per heavy atom. The third kappa shape index (κ3) is 4.77. The fraction of sp³-hybridized carbons (Fsp3) is 0.643. The van der Waals surface area contributed by atoms with Gasteiger partial charge in [-0.2, -0.15) is 0 Å². The molecule has 1 aromatic rings. The van der Waals surface area contributed by atoms with Gasteiger partial charge in [0, 0.05) is 18.6 Å². The molecule has 0 atom stereocenters. The molecule has 0 aliphatic rings. The summed E-state index contributed by atoms with van der Waals surface area (Å²) in [6, 6.07) is 0. The molecule has 0 aliphatic carbocycles. The van der Waals surface area contributed by atoms with E-state index in [1.54, 1.807) is 6.20 Å². The SMILES string of the molecule is CCCNc1cnc(C(=O)NCC(C)(C)N(C)C)cn1. The second kappa shape index (κ2) is 7.19. The molecule has 1 rings (SSSR count). The second-order valence-electron chi connectivity index (χ2n) is 5.60. The molecule has 0 spiro atoms. The Balaban J connectivity index is 2.56. The predicted molar refractivity (Wildman–Crippen MR) is 80.9 cm³/mol. The molecule has 0 radical (unpaired) electrons. The van der Waals surface area contributed by atoms with Crippen molar-refractivity contribution in [2.75, 3.05) is 32.5 Å². The highest BCUT2D eigenvalue weighted by Crippen LogP contribution is 2.08. The molecule has 1 heterocycles. The molecule has 0 saturated heterocycles. The highest BCUT2D eigenvalue weighted by atomic mass is 16.1. The lowest BCUT2D eigenvalue weighted by Gasteiger charge is -2.32. The summed E-state index contributed by atoms with van der Waals surface area (Å²) in [5, 5.41) is 6.00. The van der Waals surface area contributed by atoms with E-state index in [9.17, 15) is 4.79 Å². The second-order valence-corrected chi connectivity index (χ2v) is 5.60. The minimum atomic E-state index is -0.200. The number of hydrogen-bond acceptors (Lipinski definition) is 5. The number of carbonyl (C=O) groups excluding carboxylic acids is 1. The van der Waals surface area contributed by atoms with E-state index in [2.05, 4.69) is 46.3 Å². The van der Waals surface area contributed by atoms with Gasteiger partial charge < -0.3 is 15.5 Å². The Morgan fingerprint density at radius 2 is 2.00 bits per heavy atom. The number of amides is 1. The fourth-order valence-electron chi connectivity index (χ4n) is 1.33. The van der Waals surface area contributed by atoms with Gasteiger partial charge in [0.2, 0.25) is 0 Å². The normalized spacial score (nSPS) is 11.5. The minimum absolute atomic E-state index is 0.105. The first kappa shape index (κ1) is 16.4. The van der Waals surface area contributed by atoms with Gasteiger partial charge >= 0.3 is 0 Å². The van der Waals surface area contributed by atoms with Gasteiger partial charge in [0.05, 0.1) is 12.4 Å². The van der Waals surface area contributed by atoms with Crippen LogP contribution in [-0.2, 0) is 0 Å². The number of nitrogens with one attached hydrogen (secondary N) is 2. The summed E-state index contributed by atoms with van der Waals surface area (Å²) in [4.78, 5) is 22.4. The molecule has 6 heteroatoms. The maximum atomic E-state index is 12.0. The van der Waals surface area contributed by atoms with E-state index in [0.29, 0.717) is 18.1 Å². The number of aromatic nitrogens is 2. The number of nitrogens with zero attached hydrogens (tertiary/aromatic N) is 3. The molecular weight excluding hydrogens is 254 g/mol. The van der Waals surface area contributed by atoms with Crippen LogP contribution in [0.3, 0.4) is 0 Å². The summed E-state index contributed by atoms with van der Waals surface area (Å²) >= 11 is 0. The van der Waals surface area contributed by atoms with Crippen LogP contribution < -0.4 is 10.6 Å². The number of likely N-dealkylation sites (N-methyl/N-ethyl adjacent to an activating group) is 1. The molecule has 0 aromatic carbocycles. The zero-order chi connectivity index (χ0) is 15.2. The Morgan fingerprint density at radius 3 is 2.50 bits per heavy atom. The van der Waals surface area contributed by atoms with Crippen molar-refractivity contribution in [1.29, 1.82) is 0 Å². The topological polar surface area (TPSA) is 70.2 Å². The molecule has 2 N–H and O–H groups in total. The number of carbonyl (C=O) groups is 1. The minimum Gasteiger partial charge on any atom is -0.369 e. The predicted octanol–water partition coefficient (Wildman–Crippen LogP) is 1.37. The van der Waals surface area contributed by atoms with Crippen LogP contribution in [0, 0.1) is 0 Å². The molecule has 0 fully saturated rings. The lowest BCUT2D eigenvalue weighted by atomic mass is 10.0. The van der Waals surface area contributed by atoms with Gasteiger partial charge in [0.15, 0.2) is 0 Å². The van der Waals surface area contributed by atoms with Crippen LogP contribution in [-0.4, -0.2) is 53.5 Å². The zero-order valence-corrected chi connectivity index (χ0v) is 13.0. The van der Waals surface area contributed by atoms with Crippen LogP contribution in [0.15, 0.2) is 12.4 Å². The Bertz CT molecular complexity index is 428. The van der Waals surface area contributed by atoms with Gasteiger partial charge in [-0.25, -0.2) is 9.97 Å². The van der Waals surface area contributed by atoms with E-state index >= 15 is 0 Å². The molecule has 1 amide bonds. The van der Waals surface area contributed by atoms with Gasteiger partial charge in [-0.05, 0) is 34.4 Å². The molecule has 112 valence electrons. The van der Waals surface area contributed by atoms with Crippen molar-refractivity contribution in [2.45, 2.75) is 32.7 Å². The first-order chi connectivity index (χ1) is 9.36. The fourth-order valence-corrected chi connectivity index (χ4v) is 1.33. The van der Waals surface area contributed by atoms with E-state index in [1.807, 2.05) is 14.1 Å². The van der Waals surface area contributed by atoms with Crippen molar-refractivity contribution in [3.05, 3.63) is 18.1 Å². The largest absolute Gasteiger partial charge is 0.369 e. The first-order valence-electron chi connectivity index (χ1n) is 6.88. The summed E-state index contributed by atoms with van der Waals surface area (Å²) < 4.78 is 0. The average Bonchev–Trinajstić information content (AvgIpc) is 2.43. The number of anilines is 1. The molecule has 20 heavy (non-hydrogen) atoms. The van der Waals surface area contributed by atoms with E-state index in [1.165, 1.54) is 6.20 Å². The van der Waals surface area contributed by atoms with Crippen LogP contribution in [0.1, 0.15) is 37.7 Å². The van der Waals surface area contributed by atoms with Crippen molar-refractivity contribution in [1.82, 2.24) is 20.2 Å². The molecule has 0 bridgehead atoms. The maximum Gasteiger partial charge on any atom is 0.271 e. The average molecular weight is 279 g/mol. The Labute approximate surface area is 121 Å². The van der Waals surface area contributed by atoms with E-state index < -0.39 is 0 Å². The molecular formula is C14H25N5O. The molecule has 6 nitrogen and oxygen atoms in total. The van der Waals surface area contributed by atoms with Crippen LogP contribution in [0.2, 0.25) is 0 Å². The lowest BCUT2D eigenvalue weighted by molar-refractivity contribution is 0.0914. The summed E-state index contributed by atoms with van der Waals surface area (Å²) in [6.07, 6.45) is 4.10. The third-order valence-corrected chi connectivity index (χ3v) is 3.33. The Kier molecular flexibility index (Phi) is 5.88. The van der Waals surface area contributed by atoms with Crippen LogP contribution in [0.5, 0.6) is 0 Å². The van der Waals surface area contributed by atoms with Gasteiger partial charge in [-0.3, -0.25) is 4.79 Å². The smallest absolute Gasteiger partial charge is 0.271 e. The quantitative estimate of drug-likeness (QED) is 0.789. The number of hydrogen-bond donors (Lipinski definition) is 2. The van der Waals surface area contributed by atoms with Crippen molar-refractivity contribution in [3.63, 3.8) is 0 Å². The maximum absolute atomic E-state index is 12.0. The van der Waals surface area contributed by atoms with Crippen LogP contribution in [0.4, 0.5) is 5.82 Å². The van der Waals surface area contributed by atoms with Crippen molar-refractivity contribution in [3.8, 4) is 0 Å². The van der Waals surface area contributed by atoms with E-state index in [0.717, 1.165) is 13.0 Å². The highest BCUT2D eigenvalue weighted by molar-refractivity contribution is 5.92. The van der Waals surface area contributed by atoms with Crippen LogP contribution in [0.25, 0.3) is 0 Å². The molecule has 1 aromatic heterocycles. The summed E-state index contributed by atoms with van der Waals surface area (Å²) in [5.41, 5.74) is 0.229. The van der Waals surface area contributed by atoms with Crippen molar-refractivity contribution < 1.29 is 4.79 Å². The van der Waals surface area contributed by atoms with Gasteiger partial charge in [-0.1, -0.05) is 6.92 Å². The molecule has 0 saturated carbocycles. The molecule has 0 unspecified atom stereocenters. The summed E-state index contributed by atoms with van der Waals surface area (Å²) in [7, 11) is 3.97. The first-order valence-corrected chi connectivity index (χ1v) is 6.88. The van der Waals surface area contributed by atoms with Crippen LogP contribution >= 0.6 is 0 Å². The van der Waals surface area contributed by atoms with Gasteiger partial charge in [0.25, 0.3) is 5.91 Å². The van der Waals surface area contributed by atoms with E-state index in [4.69, 9.17) is 0 Å². The Hall–Kier alpha value is -1.69. The summed E-state index contributed by atoms with van der Waals surface area (Å²) in [6.45, 7) is 7.61. The lowest BCUT2D eigenvalue weighted by Crippen LogP contribution is -2.48.